The molecule has 1 atom stereocenters. The minimum Gasteiger partial charge on any atom is -0.387 e. The fourth-order valence-electron chi connectivity index (χ4n) is 2.83. The predicted molar refractivity (Wildman–Crippen MR) is 83.4 cm³/mol. The summed E-state index contributed by atoms with van der Waals surface area (Å²) in [5.41, 5.74) is 3.50. The van der Waals surface area contributed by atoms with Gasteiger partial charge in [0.1, 0.15) is 0 Å². The molecule has 0 fully saturated rings. The topological polar surface area (TPSA) is 23.5 Å². The van der Waals surface area contributed by atoms with E-state index in [1.807, 2.05) is 24.3 Å². The second-order valence-corrected chi connectivity index (χ2v) is 5.69. The van der Waals surface area contributed by atoms with Crippen molar-refractivity contribution in [2.75, 3.05) is 18.0 Å². The Kier molecular flexibility index (Phi) is 3.95. The molecule has 0 aliphatic carbocycles. The Morgan fingerprint density at radius 1 is 1.15 bits per heavy atom. The standard InChI is InChI=1S/C17H18ClNO/c18-15-8-3-6-14(11-15)17(20)12-19-10-4-7-13-5-1-2-9-16(13)19/h1-3,5-6,8-9,11,17,20H,4,7,10,12H2. The van der Waals surface area contributed by atoms with E-state index in [-0.39, 0.29) is 0 Å². The summed E-state index contributed by atoms with van der Waals surface area (Å²) in [6, 6.07) is 15.9. The van der Waals surface area contributed by atoms with Crippen molar-refractivity contribution in [1.29, 1.82) is 0 Å². The van der Waals surface area contributed by atoms with Crippen LogP contribution in [0.2, 0.25) is 5.02 Å². The number of aliphatic hydroxyl groups excluding tert-OH is 1. The van der Waals surface area contributed by atoms with Gasteiger partial charge in [-0.25, -0.2) is 0 Å². The second kappa shape index (κ2) is 5.86. The van der Waals surface area contributed by atoms with E-state index in [2.05, 4.69) is 29.2 Å². The summed E-state index contributed by atoms with van der Waals surface area (Å²) in [4.78, 5) is 2.27. The third-order valence-corrected chi connectivity index (χ3v) is 4.07. The lowest BCUT2D eigenvalue weighted by atomic mass is 10.0. The summed E-state index contributed by atoms with van der Waals surface area (Å²) in [6.45, 7) is 1.60. The first-order chi connectivity index (χ1) is 9.74. The highest BCUT2D eigenvalue weighted by molar-refractivity contribution is 6.30. The first-order valence-electron chi connectivity index (χ1n) is 7.00. The Bertz CT molecular complexity index is 599. The molecule has 0 radical (unpaired) electrons. The fourth-order valence-corrected chi connectivity index (χ4v) is 3.03. The van der Waals surface area contributed by atoms with Gasteiger partial charge in [-0.3, -0.25) is 0 Å². The predicted octanol–water partition coefficient (Wildman–Crippen LogP) is 3.83. The van der Waals surface area contributed by atoms with Crippen molar-refractivity contribution in [3.05, 3.63) is 64.7 Å². The largest absolute Gasteiger partial charge is 0.387 e. The molecule has 20 heavy (non-hydrogen) atoms. The number of aryl methyl sites for hydroxylation is 1. The molecule has 0 spiro atoms. The molecule has 3 heteroatoms. The smallest absolute Gasteiger partial charge is 0.0965 e. The number of benzene rings is 2. The molecular weight excluding hydrogens is 270 g/mol. The van der Waals surface area contributed by atoms with Gasteiger partial charge in [-0.2, -0.15) is 0 Å². The summed E-state index contributed by atoms with van der Waals surface area (Å²) in [5, 5.41) is 11.1. The van der Waals surface area contributed by atoms with Crippen LogP contribution in [0.5, 0.6) is 0 Å². The van der Waals surface area contributed by atoms with Gasteiger partial charge in [-0.1, -0.05) is 41.9 Å². The summed E-state index contributed by atoms with van der Waals surface area (Å²) in [5.74, 6) is 0. The van der Waals surface area contributed by atoms with Gasteiger partial charge >= 0.3 is 0 Å². The Hall–Kier alpha value is -1.51. The van der Waals surface area contributed by atoms with E-state index in [0.29, 0.717) is 11.6 Å². The van der Waals surface area contributed by atoms with Crippen LogP contribution in [0.1, 0.15) is 23.7 Å². The molecule has 0 amide bonds. The average Bonchev–Trinajstić information content (AvgIpc) is 2.47. The van der Waals surface area contributed by atoms with Crippen molar-refractivity contribution in [3.63, 3.8) is 0 Å². The first kappa shape index (κ1) is 13.5. The van der Waals surface area contributed by atoms with E-state index in [1.54, 1.807) is 0 Å². The highest BCUT2D eigenvalue weighted by atomic mass is 35.5. The van der Waals surface area contributed by atoms with Gasteiger partial charge in [0.15, 0.2) is 0 Å². The zero-order valence-electron chi connectivity index (χ0n) is 11.3. The van der Waals surface area contributed by atoms with E-state index < -0.39 is 6.10 Å². The van der Waals surface area contributed by atoms with Gasteiger partial charge in [0.2, 0.25) is 0 Å². The van der Waals surface area contributed by atoms with Crippen LogP contribution in [-0.4, -0.2) is 18.2 Å². The molecule has 1 unspecified atom stereocenters. The van der Waals surface area contributed by atoms with Crippen LogP contribution in [-0.2, 0) is 6.42 Å². The Labute approximate surface area is 124 Å². The maximum atomic E-state index is 10.4. The molecule has 0 bridgehead atoms. The number of fused-ring (bicyclic) bond motifs is 1. The monoisotopic (exact) mass is 287 g/mol. The Morgan fingerprint density at radius 2 is 2.00 bits per heavy atom. The molecule has 3 rings (SSSR count). The number of β-amino-alcohol motifs (C(OH)–C–C–N with tert-alkyl or cyclic N) is 1. The summed E-state index contributed by atoms with van der Waals surface area (Å²) in [7, 11) is 0. The lowest BCUT2D eigenvalue weighted by Crippen LogP contribution is -2.33. The average molecular weight is 288 g/mol. The summed E-state index contributed by atoms with van der Waals surface area (Å²) >= 11 is 5.99. The van der Waals surface area contributed by atoms with E-state index in [4.69, 9.17) is 11.6 Å². The normalized spacial score (nSPS) is 15.8. The third kappa shape index (κ3) is 2.82. The Morgan fingerprint density at radius 3 is 2.85 bits per heavy atom. The van der Waals surface area contributed by atoms with Gasteiger partial charge in [0.05, 0.1) is 6.10 Å². The molecule has 1 aliphatic rings. The van der Waals surface area contributed by atoms with E-state index in [9.17, 15) is 5.11 Å². The van der Waals surface area contributed by atoms with Crippen LogP contribution >= 0.6 is 11.6 Å². The lowest BCUT2D eigenvalue weighted by Gasteiger charge is -2.33. The fraction of sp³-hybridized carbons (Fsp3) is 0.294. The molecule has 0 saturated carbocycles. The first-order valence-corrected chi connectivity index (χ1v) is 7.38. The number of rotatable bonds is 3. The number of hydrogen-bond donors (Lipinski definition) is 1. The molecule has 0 aromatic heterocycles. The number of nitrogens with zero attached hydrogens (tertiary/aromatic N) is 1. The van der Waals surface area contributed by atoms with Crippen molar-refractivity contribution < 1.29 is 5.11 Å². The van der Waals surface area contributed by atoms with Crippen LogP contribution < -0.4 is 4.90 Å². The second-order valence-electron chi connectivity index (χ2n) is 5.25. The van der Waals surface area contributed by atoms with Gasteiger partial charge < -0.3 is 10.0 Å². The summed E-state index contributed by atoms with van der Waals surface area (Å²) in [6.07, 6.45) is 1.75. The van der Waals surface area contributed by atoms with Crippen molar-refractivity contribution >= 4 is 17.3 Å². The lowest BCUT2D eigenvalue weighted by molar-refractivity contribution is 0.183. The van der Waals surface area contributed by atoms with Gasteiger partial charge in [-0.15, -0.1) is 0 Å². The molecule has 2 nitrogen and oxygen atoms in total. The zero-order chi connectivity index (χ0) is 13.9. The molecule has 104 valence electrons. The van der Waals surface area contributed by atoms with Crippen molar-refractivity contribution in [2.24, 2.45) is 0 Å². The molecular formula is C17H18ClNO. The number of halogens is 1. The van der Waals surface area contributed by atoms with Crippen molar-refractivity contribution in [3.8, 4) is 0 Å². The van der Waals surface area contributed by atoms with E-state index in [1.165, 1.54) is 11.3 Å². The molecule has 1 N–H and O–H groups in total. The molecule has 2 aromatic carbocycles. The molecule has 1 aliphatic heterocycles. The minimum absolute atomic E-state index is 0.514. The van der Waals surface area contributed by atoms with Crippen LogP contribution in [0, 0.1) is 0 Å². The summed E-state index contributed by atoms with van der Waals surface area (Å²) < 4.78 is 0. The number of anilines is 1. The number of hydrogen-bond acceptors (Lipinski definition) is 2. The van der Waals surface area contributed by atoms with E-state index in [0.717, 1.165) is 24.9 Å². The Balaban J connectivity index is 1.79. The molecule has 2 aromatic rings. The van der Waals surface area contributed by atoms with Gasteiger partial charge in [0.25, 0.3) is 0 Å². The van der Waals surface area contributed by atoms with Crippen LogP contribution in [0.15, 0.2) is 48.5 Å². The number of aliphatic hydroxyl groups is 1. The molecule has 0 saturated heterocycles. The van der Waals surface area contributed by atoms with Crippen molar-refractivity contribution in [1.82, 2.24) is 0 Å². The van der Waals surface area contributed by atoms with Crippen molar-refractivity contribution in [2.45, 2.75) is 18.9 Å². The van der Waals surface area contributed by atoms with Gasteiger partial charge in [0, 0.05) is 23.8 Å². The third-order valence-electron chi connectivity index (χ3n) is 3.83. The van der Waals surface area contributed by atoms with E-state index >= 15 is 0 Å². The van der Waals surface area contributed by atoms with Crippen LogP contribution in [0.4, 0.5) is 5.69 Å². The molecule has 1 heterocycles. The zero-order valence-corrected chi connectivity index (χ0v) is 12.1. The quantitative estimate of drug-likeness (QED) is 0.927. The maximum Gasteiger partial charge on any atom is 0.0965 e. The van der Waals surface area contributed by atoms with Crippen LogP contribution in [0.3, 0.4) is 0 Å². The highest BCUT2D eigenvalue weighted by Gasteiger charge is 2.19. The maximum absolute atomic E-state index is 10.4. The van der Waals surface area contributed by atoms with Gasteiger partial charge in [-0.05, 0) is 42.2 Å². The number of para-hydroxylation sites is 1. The minimum atomic E-state index is -0.514. The highest BCUT2D eigenvalue weighted by Crippen LogP contribution is 2.29. The van der Waals surface area contributed by atoms with Crippen LogP contribution in [0.25, 0.3) is 0 Å². The SMILES string of the molecule is OC(CN1CCCc2ccccc21)c1cccc(Cl)c1.